The molecule has 0 radical (unpaired) electrons. The van der Waals surface area contributed by atoms with Gasteiger partial charge in [-0.1, -0.05) is 0 Å². The Morgan fingerprint density at radius 2 is 2.20 bits per heavy atom. The third-order valence-electron chi connectivity index (χ3n) is 1.56. The third-order valence-corrected chi connectivity index (χ3v) is 2.61. The molecule has 1 fully saturated rings. The fourth-order valence-electron chi connectivity index (χ4n) is 0.987. The summed E-state index contributed by atoms with van der Waals surface area (Å²) < 4.78 is 0. The summed E-state index contributed by atoms with van der Waals surface area (Å²) >= 11 is 1.94. The van der Waals surface area contributed by atoms with E-state index < -0.39 is 0 Å². The number of hydrogen-bond acceptors (Lipinski definition) is 2. The Balaban J connectivity index is 2.35. The van der Waals surface area contributed by atoms with E-state index in [0.29, 0.717) is 0 Å². The number of guanidine groups is 1. The van der Waals surface area contributed by atoms with Gasteiger partial charge in [0.15, 0.2) is 5.96 Å². The maximum absolute atomic E-state index is 7.18. The van der Waals surface area contributed by atoms with E-state index >= 15 is 0 Å². The van der Waals surface area contributed by atoms with Gasteiger partial charge in [-0.05, 0) is 12.2 Å². The van der Waals surface area contributed by atoms with Crippen molar-refractivity contribution in [3.63, 3.8) is 0 Å². The minimum atomic E-state index is 0.225. The SMILES string of the molecule is N=C(N)N1CCCSCC1. The summed E-state index contributed by atoms with van der Waals surface area (Å²) in [6.07, 6.45) is 1.16. The van der Waals surface area contributed by atoms with E-state index in [4.69, 9.17) is 11.1 Å². The van der Waals surface area contributed by atoms with E-state index in [1.54, 1.807) is 0 Å². The molecule has 0 bridgehead atoms. The molecule has 3 N–H and O–H groups in total. The zero-order valence-corrected chi connectivity index (χ0v) is 6.78. The van der Waals surface area contributed by atoms with E-state index in [1.165, 1.54) is 5.75 Å². The van der Waals surface area contributed by atoms with Gasteiger partial charge in [-0.15, -0.1) is 0 Å². The van der Waals surface area contributed by atoms with Crippen LogP contribution in [0.3, 0.4) is 0 Å². The molecule has 0 aromatic heterocycles. The van der Waals surface area contributed by atoms with Gasteiger partial charge in [0, 0.05) is 18.8 Å². The minimum Gasteiger partial charge on any atom is -0.370 e. The van der Waals surface area contributed by atoms with Gasteiger partial charge in [0.25, 0.3) is 0 Å². The Morgan fingerprint density at radius 3 is 2.90 bits per heavy atom. The first kappa shape index (κ1) is 7.72. The average Bonchev–Trinajstić information content (AvgIpc) is 2.12. The minimum absolute atomic E-state index is 0.225. The number of nitrogens with zero attached hydrogens (tertiary/aromatic N) is 1. The first-order valence-electron chi connectivity index (χ1n) is 3.47. The van der Waals surface area contributed by atoms with Crippen molar-refractivity contribution in [3.05, 3.63) is 0 Å². The van der Waals surface area contributed by atoms with E-state index in [2.05, 4.69) is 0 Å². The van der Waals surface area contributed by atoms with Crippen LogP contribution in [0.1, 0.15) is 6.42 Å². The molecule has 0 aromatic rings. The number of hydrogen-bond donors (Lipinski definition) is 2. The number of nitrogens with two attached hydrogens (primary N) is 1. The molecule has 0 aromatic carbocycles. The molecule has 0 unspecified atom stereocenters. The van der Waals surface area contributed by atoms with Gasteiger partial charge in [0.2, 0.25) is 0 Å². The molecule has 10 heavy (non-hydrogen) atoms. The highest BCUT2D eigenvalue weighted by Gasteiger charge is 2.08. The van der Waals surface area contributed by atoms with Crippen LogP contribution in [0.4, 0.5) is 0 Å². The summed E-state index contributed by atoms with van der Waals surface area (Å²) in [6.45, 7) is 1.91. The average molecular weight is 159 g/mol. The van der Waals surface area contributed by atoms with Crippen molar-refractivity contribution in [1.29, 1.82) is 5.41 Å². The fraction of sp³-hybridized carbons (Fsp3) is 0.833. The topological polar surface area (TPSA) is 53.1 Å². The Bertz CT molecular complexity index is 118. The molecular weight excluding hydrogens is 146 g/mol. The van der Waals surface area contributed by atoms with Gasteiger partial charge < -0.3 is 10.6 Å². The second-order valence-corrected chi connectivity index (χ2v) is 3.56. The lowest BCUT2D eigenvalue weighted by Gasteiger charge is -2.18. The molecule has 4 heteroatoms. The normalized spacial score (nSPS) is 20.2. The van der Waals surface area contributed by atoms with E-state index in [1.807, 2.05) is 16.7 Å². The molecule has 1 heterocycles. The van der Waals surface area contributed by atoms with Crippen molar-refractivity contribution in [3.8, 4) is 0 Å². The van der Waals surface area contributed by atoms with E-state index in [-0.39, 0.29) is 5.96 Å². The first-order chi connectivity index (χ1) is 4.80. The van der Waals surface area contributed by atoms with Crippen molar-refractivity contribution < 1.29 is 0 Å². The molecule has 0 amide bonds. The molecule has 58 valence electrons. The van der Waals surface area contributed by atoms with Crippen LogP contribution >= 0.6 is 11.8 Å². The van der Waals surface area contributed by atoms with Crippen molar-refractivity contribution in [1.82, 2.24) is 4.90 Å². The Kier molecular flexibility index (Phi) is 2.86. The largest absolute Gasteiger partial charge is 0.370 e. The van der Waals surface area contributed by atoms with Gasteiger partial charge in [0.1, 0.15) is 0 Å². The number of rotatable bonds is 0. The Hall–Kier alpha value is -0.380. The lowest BCUT2D eigenvalue weighted by Crippen LogP contribution is -2.37. The van der Waals surface area contributed by atoms with Crippen molar-refractivity contribution in [2.24, 2.45) is 5.73 Å². The van der Waals surface area contributed by atoms with Gasteiger partial charge in [-0.3, -0.25) is 5.41 Å². The predicted molar refractivity (Wildman–Crippen MR) is 45.4 cm³/mol. The molecule has 0 spiro atoms. The highest BCUT2D eigenvalue weighted by molar-refractivity contribution is 7.99. The van der Waals surface area contributed by atoms with Gasteiger partial charge in [-0.25, -0.2) is 0 Å². The second kappa shape index (κ2) is 3.71. The highest BCUT2D eigenvalue weighted by Crippen LogP contribution is 2.08. The monoisotopic (exact) mass is 159 g/mol. The summed E-state index contributed by atoms with van der Waals surface area (Å²) in [5.74, 6) is 2.55. The molecule has 1 saturated heterocycles. The van der Waals surface area contributed by atoms with E-state index in [9.17, 15) is 0 Å². The van der Waals surface area contributed by atoms with Crippen LogP contribution < -0.4 is 5.73 Å². The lowest BCUT2D eigenvalue weighted by atomic mass is 10.4. The van der Waals surface area contributed by atoms with Crippen molar-refractivity contribution in [2.45, 2.75) is 6.42 Å². The first-order valence-corrected chi connectivity index (χ1v) is 4.63. The molecule has 0 aliphatic carbocycles. The van der Waals surface area contributed by atoms with Crippen LogP contribution in [0.5, 0.6) is 0 Å². The number of nitrogens with one attached hydrogen (secondary N) is 1. The van der Waals surface area contributed by atoms with Crippen molar-refractivity contribution in [2.75, 3.05) is 24.6 Å². The summed E-state index contributed by atoms with van der Waals surface area (Å²) in [7, 11) is 0. The van der Waals surface area contributed by atoms with Crippen LogP contribution in [0.15, 0.2) is 0 Å². The molecule has 0 atom stereocenters. The van der Waals surface area contributed by atoms with Gasteiger partial charge in [0.05, 0.1) is 0 Å². The van der Waals surface area contributed by atoms with Gasteiger partial charge >= 0.3 is 0 Å². The zero-order chi connectivity index (χ0) is 7.40. The molecule has 1 aliphatic heterocycles. The van der Waals surface area contributed by atoms with Crippen LogP contribution in [0, 0.1) is 5.41 Å². The van der Waals surface area contributed by atoms with E-state index in [0.717, 1.165) is 25.3 Å². The molecule has 1 rings (SSSR count). The Labute approximate surface area is 65.5 Å². The molecule has 3 nitrogen and oxygen atoms in total. The Morgan fingerprint density at radius 1 is 1.40 bits per heavy atom. The predicted octanol–water partition coefficient (Wildman–Crippen LogP) is 0.319. The maximum Gasteiger partial charge on any atom is 0.188 e. The van der Waals surface area contributed by atoms with Gasteiger partial charge in [-0.2, -0.15) is 11.8 Å². The summed E-state index contributed by atoms with van der Waals surface area (Å²) in [5, 5.41) is 7.18. The van der Waals surface area contributed by atoms with Crippen LogP contribution in [0.25, 0.3) is 0 Å². The molecular formula is C6H13N3S. The highest BCUT2D eigenvalue weighted by atomic mass is 32.2. The summed E-state index contributed by atoms with van der Waals surface area (Å²) in [5.41, 5.74) is 5.34. The van der Waals surface area contributed by atoms with Crippen molar-refractivity contribution >= 4 is 17.7 Å². The summed E-state index contributed by atoms with van der Waals surface area (Å²) in [4.78, 5) is 1.93. The lowest BCUT2D eigenvalue weighted by molar-refractivity contribution is 0.443. The maximum atomic E-state index is 7.18. The molecule has 1 aliphatic rings. The van der Waals surface area contributed by atoms with Crippen LogP contribution in [-0.2, 0) is 0 Å². The second-order valence-electron chi connectivity index (χ2n) is 2.34. The quantitative estimate of drug-likeness (QED) is 0.395. The summed E-state index contributed by atoms with van der Waals surface area (Å²) in [6, 6.07) is 0. The smallest absolute Gasteiger partial charge is 0.188 e. The zero-order valence-electron chi connectivity index (χ0n) is 5.97. The van der Waals surface area contributed by atoms with Crippen LogP contribution in [0.2, 0.25) is 0 Å². The third kappa shape index (κ3) is 2.10. The molecule has 0 saturated carbocycles. The fourth-order valence-corrected chi connectivity index (χ4v) is 1.87. The van der Waals surface area contributed by atoms with Crippen LogP contribution in [-0.4, -0.2) is 35.5 Å². The standard InChI is InChI=1S/C6H13N3S/c7-6(8)9-2-1-4-10-5-3-9/h1-5H2,(H3,7,8). The number of thioether (sulfide) groups is 1.